The van der Waals surface area contributed by atoms with Crippen molar-refractivity contribution in [2.75, 3.05) is 0 Å². The zero-order valence-corrected chi connectivity index (χ0v) is 13.3. The van der Waals surface area contributed by atoms with Crippen LogP contribution >= 0.6 is 7.92 Å². The maximum atomic E-state index is 2.28. The molecule has 0 nitrogen and oxygen atoms in total. The van der Waals surface area contributed by atoms with Crippen LogP contribution in [0.1, 0.15) is 11.1 Å². The van der Waals surface area contributed by atoms with Gasteiger partial charge in [-0.2, -0.15) is 0 Å². The summed E-state index contributed by atoms with van der Waals surface area (Å²) in [5, 5.41) is 4.32. The molecular formula is C20H22BP. The van der Waals surface area contributed by atoms with E-state index in [1.165, 1.54) is 27.0 Å². The Morgan fingerprint density at radius 3 is 1.41 bits per heavy atom. The molecule has 0 fully saturated rings. The van der Waals surface area contributed by atoms with Crippen molar-refractivity contribution >= 4 is 32.2 Å². The molecule has 0 atom stereocenters. The highest BCUT2D eigenvalue weighted by atomic mass is 31.1. The number of benzene rings is 3. The summed E-state index contributed by atoms with van der Waals surface area (Å²) in [4.78, 5) is 0. The fraction of sp³-hybridized carbons (Fsp3) is 0.100. The molecule has 0 spiro atoms. The lowest BCUT2D eigenvalue weighted by atomic mass is 10.2. The molecule has 0 radical (unpaired) electrons. The van der Waals surface area contributed by atoms with Crippen molar-refractivity contribution in [1.29, 1.82) is 0 Å². The van der Waals surface area contributed by atoms with Crippen LogP contribution in [-0.4, -0.2) is 8.41 Å². The fourth-order valence-corrected chi connectivity index (χ4v) is 5.22. The van der Waals surface area contributed by atoms with Gasteiger partial charge in [0.15, 0.2) is 0 Å². The Labute approximate surface area is 136 Å². The second-order valence-corrected chi connectivity index (χ2v) is 7.39. The SMILES string of the molecule is B.Cc1ccccc1P(c1ccccc1)c1ccccc1C. The number of rotatable bonds is 3. The Morgan fingerprint density at radius 1 is 0.545 bits per heavy atom. The summed E-state index contributed by atoms with van der Waals surface area (Å²) < 4.78 is 0. The third-order valence-corrected chi connectivity index (χ3v) is 6.51. The topological polar surface area (TPSA) is 0 Å². The van der Waals surface area contributed by atoms with E-state index in [4.69, 9.17) is 0 Å². The van der Waals surface area contributed by atoms with Crippen molar-refractivity contribution in [2.45, 2.75) is 13.8 Å². The summed E-state index contributed by atoms with van der Waals surface area (Å²) in [5.74, 6) is 0. The molecule has 22 heavy (non-hydrogen) atoms. The molecule has 0 N–H and O–H groups in total. The molecule has 0 amide bonds. The average molecular weight is 304 g/mol. The monoisotopic (exact) mass is 304 g/mol. The molecule has 3 aromatic rings. The van der Waals surface area contributed by atoms with E-state index in [1.54, 1.807) is 0 Å². The average Bonchev–Trinajstić information content (AvgIpc) is 2.52. The van der Waals surface area contributed by atoms with Gasteiger partial charge in [0.2, 0.25) is 0 Å². The highest BCUT2D eigenvalue weighted by Gasteiger charge is 2.19. The van der Waals surface area contributed by atoms with Crippen LogP contribution in [0, 0.1) is 13.8 Å². The summed E-state index contributed by atoms with van der Waals surface area (Å²) in [5.41, 5.74) is 2.74. The van der Waals surface area contributed by atoms with Crippen LogP contribution in [-0.2, 0) is 0 Å². The third kappa shape index (κ3) is 3.31. The zero-order chi connectivity index (χ0) is 14.7. The third-order valence-electron chi connectivity index (χ3n) is 3.73. The molecule has 0 saturated heterocycles. The summed E-state index contributed by atoms with van der Waals surface area (Å²) in [6, 6.07) is 28.4. The molecule has 0 bridgehead atoms. The van der Waals surface area contributed by atoms with E-state index in [0.717, 1.165) is 0 Å². The van der Waals surface area contributed by atoms with Gasteiger partial charge in [0.1, 0.15) is 0 Å². The summed E-state index contributed by atoms with van der Waals surface area (Å²) in [7, 11) is -0.488. The van der Waals surface area contributed by atoms with Gasteiger partial charge in [-0.3, -0.25) is 0 Å². The van der Waals surface area contributed by atoms with Gasteiger partial charge in [-0.25, -0.2) is 0 Å². The summed E-state index contributed by atoms with van der Waals surface area (Å²) >= 11 is 0. The Morgan fingerprint density at radius 2 is 0.955 bits per heavy atom. The minimum Gasteiger partial charge on any atom is -0.0622 e. The first kappa shape index (κ1) is 16.5. The van der Waals surface area contributed by atoms with Crippen LogP contribution in [0.4, 0.5) is 0 Å². The highest BCUT2D eigenvalue weighted by Crippen LogP contribution is 2.34. The van der Waals surface area contributed by atoms with Crippen molar-refractivity contribution in [3.8, 4) is 0 Å². The van der Waals surface area contributed by atoms with Gasteiger partial charge < -0.3 is 0 Å². The van der Waals surface area contributed by atoms with Crippen LogP contribution in [0.2, 0.25) is 0 Å². The van der Waals surface area contributed by atoms with Crippen LogP contribution in [0.15, 0.2) is 78.9 Å². The Hall–Kier alpha value is -1.85. The lowest BCUT2D eigenvalue weighted by Crippen LogP contribution is -2.23. The Bertz CT molecular complexity index is 692. The standard InChI is InChI=1S/C20H19P.BH3/c1-16-10-6-8-14-19(16)21(18-12-4-3-5-13-18)20-15-9-7-11-17(20)2;/h3-15H,1-2H3;1H3. The first-order chi connectivity index (χ1) is 10.3. The minimum absolute atomic E-state index is 0. The van der Waals surface area contributed by atoms with E-state index >= 15 is 0 Å². The zero-order valence-electron chi connectivity index (χ0n) is 12.5. The normalized spacial score (nSPS) is 10.3. The van der Waals surface area contributed by atoms with Crippen molar-refractivity contribution in [1.82, 2.24) is 0 Å². The van der Waals surface area contributed by atoms with Crippen molar-refractivity contribution in [2.24, 2.45) is 0 Å². The highest BCUT2D eigenvalue weighted by molar-refractivity contribution is 7.80. The number of hydrogen-bond acceptors (Lipinski definition) is 0. The summed E-state index contributed by atoms with van der Waals surface area (Å²) in [6.07, 6.45) is 0. The van der Waals surface area contributed by atoms with Gasteiger partial charge in [0.25, 0.3) is 0 Å². The number of aryl methyl sites for hydroxylation is 2. The van der Waals surface area contributed by atoms with Crippen LogP contribution in [0.3, 0.4) is 0 Å². The Kier molecular flexibility index (Phi) is 5.58. The fourth-order valence-electron chi connectivity index (χ4n) is 2.61. The molecule has 3 aromatic carbocycles. The summed E-state index contributed by atoms with van der Waals surface area (Å²) in [6.45, 7) is 4.43. The number of hydrogen-bond donors (Lipinski definition) is 0. The Balaban J connectivity index is 0.00000176. The van der Waals surface area contributed by atoms with Crippen LogP contribution < -0.4 is 15.9 Å². The smallest absolute Gasteiger partial charge is 0.0622 e. The minimum atomic E-state index is -0.488. The van der Waals surface area contributed by atoms with E-state index < -0.39 is 7.92 Å². The lowest BCUT2D eigenvalue weighted by Gasteiger charge is -2.22. The van der Waals surface area contributed by atoms with E-state index in [-0.39, 0.29) is 8.41 Å². The molecule has 0 aliphatic rings. The van der Waals surface area contributed by atoms with E-state index in [1.807, 2.05) is 0 Å². The maximum Gasteiger partial charge on any atom is 0.0814 e. The predicted octanol–water partition coefficient (Wildman–Crippen LogP) is 2.88. The molecule has 0 heterocycles. The van der Waals surface area contributed by atoms with Gasteiger partial charge >= 0.3 is 0 Å². The molecule has 0 aliphatic carbocycles. The first-order valence-corrected chi connectivity index (χ1v) is 8.58. The van der Waals surface area contributed by atoms with Crippen LogP contribution in [0.25, 0.3) is 0 Å². The van der Waals surface area contributed by atoms with Gasteiger partial charge in [0.05, 0.1) is 8.41 Å². The predicted molar refractivity (Wildman–Crippen MR) is 105 cm³/mol. The first-order valence-electron chi connectivity index (χ1n) is 7.24. The second-order valence-electron chi connectivity index (χ2n) is 5.24. The van der Waals surface area contributed by atoms with E-state index in [9.17, 15) is 0 Å². The van der Waals surface area contributed by atoms with Crippen molar-refractivity contribution in [3.05, 3.63) is 90.0 Å². The van der Waals surface area contributed by atoms with Gasteiger partial charge in [0, 0.05) is 0 Å². The molecule has 110 valence electrons. The van der Waals surface area contributed by atoms with Crippen molar-refractivity contribution in [3.63, 3.8) is 0 Å². The molecule has 3 rings (SSSR count). The second kappa shape index (κ2) is 7.43. The lowest BCUT2D eigenvalue weighted by molar-refractivity contribution is 1.50. The van der Waals surface area contributed by atoms with Crippen molar-refractivity contribution < 1.29 is 0 Å². The maximum absolute atomic E-state index is 2.28. The van der Waals surface area contributed by atoms with Gasteiger partial charge in [-0.1, -0.05) is 78.9 Å². The molecule has 0 unspecified atom stereocenters. The van der Waals surface area contributed by atoms with Gasteiger partial charge in [-0.05, 0) is 48.8 Å². The largest absolute Gasteiger partial charge is 0.0814 e. The quantitative estimate of drug-likeness (QED) is 0.515. The molecule has 0 aliphatic heterocycles. The molecule has 0 saturated carbocycles. The van der Waals surface area contributed by atoms with E-state index in [2.05, 4.69) is 92.7 Å². The van der Waals surface area contributed by atoms with Gasteiger partial charge in [-0.15, -0.1) is 0 Å². The molecule has 2 heteroatoms. The molecular weight excluding hydrogens is 282 g/mol. The van der Waals surface area contributed by atoms with Crippen LogP contribution in [0.5, 0.6) is 0 Å². The van der Waals surface area contributed by atoms with E-state index in [0.29, 0.717) is 0 Å². The molecule has 0 aromatic heterocycles.